The molecule has 2 saturated heterocycles. The molecule has 4 nitrogen and oxygen atoms in total. The van der Waals surface area contributed by atoms with Crippen LogP contribution in [-0.2, 0) is 9.59 Å². The lowest BCUT2D eigenvalue weighted by Gasteiger charge is -2.31. The largest absolute Gasteiger partial charge is 0.341 e. The van der Waals surface area contributed by atoms with E-state index in [1.54, 1.807) is 11.8 Å². The van der Waals surface area contributed by atoms with Gasteiger partial charge in [-0.25, -0.2) is 0 Å². The van der Waals surface area contributed by atoms with Crippen LogP contribution in [0.1, 0.15) is 32.6 Å². The minimum Gasteiger partial charge on any atom is -0.341 e. The first-order valence-electron chi connectivity index (χ1n) is 6.84. The monoisotopic (exact) mass is 248 g/mol. The van der Waals surface area contributed by atoms with E-state index in [1.807, 2.05) is 4.90 Å². The Kier molecular flexibility index (Phi) is 2.50. The van der Waals surface area contributed by atoms with Crippen molar-refractivity contribution in [1.82, 2.24) is 9.80 Å². The Labute approximate surface area is 108 Å². The molecule has 3 aliphatic rings. The van der Waals surface area contributed by atoms with E-state index in [1.165, 1.54) is 0 Å². The van der Waals surface area contributed by atoms with Gasteiger partial charge >= 0.3 is 0 Å². The minimum absolute atomic E-state index is 0.0393. The van der Waals surface area contributed by atoms with E-state index < -0.39 is 5.54 Å². The fourth-order valence-electron chi connectivity index (χ4n) is 3.56. The van der Waals surface area contributed by atoms with E-state index in [0.29, 0.717) is 11.5 Å². The standard InChI is InChI=1S/C14H20N2O2/c1-10(2)12(17)16-8-5-11-9-14(11,16)13(18)15-6-3-4-7-15/h11H,1,3-9H2,2H3. The third kappa shape index (κ3) is 1.44. The van der Waals surface area contributed by atoms with Crippen molar-refractivity contribution in [3.63, 3.8) is 0 Å². The molecule has 0 aromatic rings. The first kappa shape index (κ1) is 11.8. The summed E-state index contributed by atoms with van der Waals surface area (Å²) in [4.78, 5) is 28.6. The van der Waals surface area contributed by atoms with Gasteiger partial charge in [-0.05, 0) is 38.5 Å². The summed E-state index contributed by atoms with van der Waals surface area (Å²) in [5.41, 5.74) is 0.0524. The van der Waals surface area contributed by atoms with Crippen molar-refractivity contribution < 1.29 is 9.59 Å². The molecule has 0 radical (unpaired) electrons. The lowest BCUT2D eigenvalue weighted by molar-refractivity contribution is -0.144. The van der Waals surface area contributed by atoms with Gasteiger partial charge in [-0.2, -0.15) is 0 Å². The summed E-state index contributed by atoms with van der Waals surface area (Å²) < 4.78 is 0. The van der Waals surface area contributed by atoms with E-state index in [0.717, 1.165) is 45.3 Å². The van der Waals surface area contributed by atoms with Crippen LogP contribution in [0, 0.1) is 5.92 Å². The fraction of sp³-hybridized carbons (Fsp3) is 0.714. The maximum Gasteiger partial charge on any atom is 0.249 e. The molecule has 2 atom stereocenters. The number of fused-ring (bicyclic) bond motifs is 1. The third-order valence-electron chi connectivity index (χ3n) is 4.63. The molecule has 0 bridgehead atoms. The first-order valence-corrected chi connectivity index (χ1v) is 6.84. The van der Waals surface area contributed by atoms with Crippen molar-refractivity contribution in [3.8, 4) is 0 Å². The molecule has 0 aromatic heterocycles. The van der Waals surface area contributed by atoms with Gasteiger partial charge in [0, 0.05) is 25.2 Å². The molecule has 0 aromatic carbocycles. The Balaban J connectivity index is 1.83. The predicted molar refractivity (Wildman–Crippen MR) is 67.8 cm³/mol. The van der Waals surface area contributed by atoms with Gasteiger partial charge in [-0.1, -0.05) is 6.58 Å². The van der Waals surface area contributed by atoms with E-state index in [9.17, 15) is 9.59 Å². The average Bonchev–Trinajstić information content (AvgIpc) is 2.78. The van der Waals surface area contributed by atoms with Crippen molar-refractivity contribution in [2.45, 2.75) is 38.1 Å². The highest BCUT2D eigenvalue weighted by Crippen LogP contribution is 2.57. The van der Waals surface area contributed by atoms with Crippen LogP contribution in [0.15, 0.2) is 12.2 Å². The zero-order chi connectivity index (χ0) is 12.9. The molecule has 0 spiro atoms. The molecule has 2 unspecified atom stereocenters. The summed E-state index contributed by atoms with van der Waals surface area (Å²) in [7, 11) is 0. The molecule has 2 aliphatic heterocycles. The van der Waals surface area contributed by atoms with Crippen LogP contribution in [0.4, 0.5) is 0 Å². The highest BCUT2D eigenvalue weighted by molar-refractivity contribution is 6.00. The molecular weight excluding hydrogens is 228 g/mol. The molecule has 1 aliphatic carbocycles. The molecule has 3 rings (SSSR count). The quantitative estimate of drug-likeness (QED) is 0.688. The van der Waals surface area contributed by atoms with Gasteiger partial charge in [-0.15, -0.1) is 0 Å². The topological polar surface area (TPSA) is 40.6 Å². The SMILES string of the molecule is C=C(C)C(=O)N1CCC2CC21C(=O)N1CCCC1. The number of likely N-dealkylation sites (tertiary alicyclic amines) is 2. The van der Waals surface area contributed by atoms with Crippen molar-refractivity contribution >= 4 is 11.8 Å². The summed E-state index contributed by atoms with van der Waals surface area (Å²) in [5.74, 6) is 0.550. The van der Waals surface area contributed by atoms with Crippen LogP contribution in [0.2, 0.25) is 0 Å². The molecule has 98 valence electrons. The van der Waals surface area contributed by atoms with Crippen LogP contribution in [-0.4, -0.2) is 46.8 Å². The summed E-state index contributed by atoms with van der Waals surface area (Å²) >= 11 is 0. The van der Waals surface area contributed by atoms with Crippen LogP contribution < -0.4 is 0 Å². The number of hydrogen-bond acceptors (Lipinski definition) is 2. The lowest BCUT2D eigenvalue weighted by atomic mass is 10.1. The molecule has 2 amide bonds. The normalized spacial score (nSPS) is 33.5. The zero-order valence-electron chi connectivity index (χ0n) is 10.9. The van der Waals surface area contributed by atoms with Gasteiger partial charge in [0.2, 0.25) is 11.8 Å². The Morgan fingerprint density at radius 2 is 1.89 bits per heavy atom. The lowest BCUT2D eigenvalue weighted by Crippen LogP contribution is -2.51. The van der Waals surface area contributed by atoms with Gasteiger partial charge in [0.15, 0.2) is 0 Å². The van der Waals surface area contributed by atoms with Crippen LogP contribution >= 0.6 is 0 Å². The summed E-state index contributed by atoms with van der Waals surface area (Å²) in [6, 6.07) is 0. The van der Waals surface area contributed by atoms with E-state index in [4.69, 9.17) is 0 Å². The molecule has 0 N–H and O–H groups in total. The molecule has 2 heterocycles. The number of rotatable bonds is 2. The van der Waals surface area contributed by atoms with Crippen LogP contribution in [0.25, 0.3) is 0 Å². The number of carbonyl (C=O) groups excluding carboxylic acids is 2. The predicted octanol–water partition coefficient (Wildman–Crippen LogP) is 1.18. The Morgan fingerprint density at radius 3 is 2.44 bits per heavy atom. The minimum atomic E-state index is -0.486. The molecule has 3 fully saturated rings. The first-order chi connectivity index (χ1) is 8.57. The second kappa shape index (κ2) is 3.84. The number of nitrogens with zero attached hydrogens (tertiary/aromatic N) is 2. The Morgan fingerprint density at radius 1 is 1.22 bits per heavy atom. The number of hydrogen-bond donors (Lipinski definition) is 0. The van der Waals surface area contributed by atoms with Crippen molar-refractivity contribution in [1.29, 1.82) is 0 Å². The van der Waals surface area contributed by atoms with Gasteiger partial charge in [0.25, 0.3) is 0 Å². The fourth-order valence-corrected chi connectivity index (χ4v) is 3.56. The summed E-state index contributed by atoms with van der Waals surface area (Å²) in [6.45, 7) is 7.90. The average molecular weight is 248 g/mol. The van der Waals surface area contributed by atoms with E-state index >= 15 is 0 Å². The highest BCUT2D eigenvalue weighted by Gasteiger charge is 2.69. The summed E-state index contributed by atoms with van der Waals surface area (Å²) in [6.07, 6.45) is 4.03. The second-order valence-electron chi connectivity index (χ2n) is 5.85. The summed E-state index contributed by atoms with van der Waals surface area (Å²) in [5, 5.41) is 0. The number of carbonyl (C=O) groups is 2. The molecular formula is C14H20N2O2. The van der Waals surface area contributed by atoms with Crippen LogP contribution in [0.3, 0.4) is 0 Å². The van der Waals surface area contributed by atoms with E-state index in [-0.39, 0.29) is 11.8 Å². The molecule has 4 heteroatoms. The maximum absolute atomic E-state index is 12.7. The van der Waals surface area contributed by atoms with Crippen molar-refractivity contribution in [2.75, 3.05) is 19.6 Å². The molecule has 18 heavy (non-hydrogen) atoms. The smallest absolute Gasteiger partial charge is 0.249 e. The number of amides is 2. The third-order valence-corrected chi connectivity index (χ3v) is 4.63. The van der Waals surface area contributed by atoms with Crippen molar-refractivity contribution in [3.05, 3.63) is 12.2 Å². The van der Waals surface area contributed by atoms with Gasteiger partial charge in [0.05, 0.1) is 0 Å². The number of piperidine rings is 1. The van der Waals surface area contributed by atoms with E-state index in [2.05, 4.69) is 6.58 Å². The van der Waals surface area contributed by atoms with Crippen molar-refractivity contribution in [2.24, 2.45) is 5.92 Å². The second-order valence-corrected chi connectivity index (χ2v) is 5.85. The highest BCUT2D eigenvalue weighted by atomic mass is 16.2. The molecule has 1 saturated carbocycles. The Hall–Kier alpha value is -1.32. The van der Waals surface area contributed by atoms with Crippen LogP contribution in [0.5, 0.6) is 0 Å². The Bertz CT molecular complexity index is 426. The van der Waals surface area contributed by atoms with Gasteiger partial charge in [0.1, 0.15) is 5.54 Å². The van der Waals surface area contributed by atoms with Gasteiger partial charge < -0.3 is 9.80 Å². The van der Waals surface area contributed by atoms with Gasteiger partial charge in [-0.3, -0.25) is 9.59 Å². The maximum atomic E-state index is 12.7. The zero-order valence-corrected chi connectivity index (χ0v) is 10.9.